The number of imidazole rings is 8. The molecule has 0 amide bonds. The monoisotopic (exact) mass is 1370 g/mol. The summed E-state index contributed by atoms with van der Waals surface area (Å²) < 4.78 is 56.6. The number of nitrogens with zero attached hydrogens (tertiary/aromatic N) is 25. The van der Waals surface area contributed by atoms with Gasteiger partial charge in [0.05, 0.1) is 24.8 Å². The SMILES string of the molecule is Cn1c2cccnc2n2c3[n+](cc12)Cc1cccnc1-3.[2H]C([2H])([2H])n1c2cccnc2n2c3[n+](cc12)Cc1cccnc1-3.c1ccc(-n2c3cccnc3n3c4[n+](cc23)Cc2cccnc2-4)cc1.c1cnc2c(c1)C[n+]1c-2oc2nc3cnccn3c21.c1cnc2c(c1)C[n+]1c-2sc2nc3cnccn3c21. The van der Waals surface area contributed by atoms with E-state index in [0.29, 0.717) is 29.1 Å². The maximum absolute atomic E-state index is 7.88. The summed E-state index contributed by atoms with van der Waals surface area (Å²) >= 11 is 1.70. The third kappa shape index (κ3) is 8.31. The average molecular weight is 1370 g/mol. The molecule has 5 aliphatic rings. The van der Waals surface area contributed by atoms with Crippen molar-refractivity contribution in [1.82, 2.24) is 95.5 Å². The Kier molecular flexibility index (Phi) is 11.4. The minimum absolute atomic E-state index is 0.593. The van der Waals surface area contributed by atoms with E-state index < -0.39 is 6.98 Å². The Hall–Kier alpha value is -14.0. The maximum Gasteiger partial charge on any atom is 0.355 e. The molecule has 0 bridgehead atoms. The van der Waals surface area contributed by atoms with Gasteiger partial charge >= 0.3 is 40.4 Å². The molecule has 0 spiro atoms. The molecular weight excluding hydrogens is 1310 g/mol. The first-order chi connectivity index (χ1) is 52.1. The number of pyridine rings is 8. The van der Waals surface area contributed by atoms with E-state index in [2.05, 4.69) is 181 Å². The van der Waals surface area contributed by atoms with Crippen molar-refractivity contribution in [2.24, 2.45) is 14.0 Å². The Labute approximate surface area is 588 Å². The summed E-state index contributed by atoms with van der Waals surface area (Å²) in [4.78, 5) is 54.5. The molecule has 26 rings (SSSR count). The second-order valence-corrected chi connectivity index (χ2v) is 26.5. The molecule has 0 saturated carbocycles. The molecule has 0 N–H and O–H groups in total. The van der Waals surface area contributed by atoms with Crippen molar-refractivity contribution in [1.29, 1.82) is 0 Å². The maximum atomic E-state index is 7.88. The predicted molar refractivity (Wildman–Crippen MR) is 379 cm³/mol. The number of hydrogen-bond acceptors (Lipinski definition) is 14. The topological polar surface area (TPSA) is 224 Å². The third-order valence-electron chi connectivity index (χ3n) is 19.9. The summed E-state index contributed by atoms with van der Waals surface area (Å²) in [5.41, 5.74) is 24.8. The Balaban J connectivity index is 0.0000000830. The zero-order valence-electron chi connectivity index (χ0n) is 57.5. The predicted octanol–water partition coefficient (Wildman–Crippen LogP) is 8.91. The minimum Gasteiger partial charge on any atom is -0.394 e. The van der Waals surface area contributed by atoms with E-state index in [4.69, 9.17) is 8.53 Å². The smallest absolute Gasteiger partial charge is 0.355 e. The van der Waals surface area contributed by atoms with Gasteiger partial charge in [0.2, 0.25) is 32.4 Å². The van der Waals surface area contributed by atoms with Crippen molar-refractivity contribution >= 4 is 94.9 Å². The normalized spacial score (nSPS) is 13.5. The molecule has 26 nitrogen and oxygen atoms in total. The lowest BCUT2D eigenvalue weighted by molar-refractivity contribution is -0.670. The Morgan fingerprint density at radius 3 is 1.48 bits per heavy atom. The average Bonchev–Trinajstić information content (AvgIpc) is 1.50. The first-order valence-electron chi connectivity index (χ1n) is 34.9. The summed E-state index contributed by atoms with van der Waals surface area (Å²) in [6, 6.07) is 42.5. The van der Waals surface area contributed by atoms with Gasteiger partial charge in [0, 0.05) is 101 Å². The highest BCUT2D eigenvalue weighted by molar-refractivity contribution is 7.20. The summed E-state index contributed by atoms with van der Waals surface area (Å²) in [5, 5.41) is 1.19. The molecule has 25 heterocycles. The number of aryl methyl sites for hydroxylation is 2. The van der Waals surface area contributed by atoms with Gasteiger partial charge in [-0.25, -0.2) is 53.2 Å². The minimum atomic E-state index is -2.27. The number of para-hydroxylation sites is 1. The number of fused-ring (bicyclic) bond motifs is 35. The molecule has 490 valence electrons. The van der Waals surface area contributed by atoms with Crippen LogP contribution in [0.25, 0.3) is 146 Å². The number of oxazole rings is 1. The van der Waals surface area contributed by atoms with Gasteiger partial charge in [-0.2, -0.15) is 36.5 Å². The van der Waals surface area contributed by atoms with Crippen LogP contribution in [0.5, 0.6) is 0 Å². The van der Waals surface area contributed by atoms with Crippen LogP contribution in [0.4, 0.5) is 0 Å². The molecule has 20 aromatic heterocycles. The van der Waals surface area contributed by atoms with Crippen LogP contribution in [0.1, 0.15) is 31.9 Å². The quantitative estimate of drug-likeness (QED) is 0.140. The Morgan fingerprint density at radius 1 is 0.427 bits per heavy atom. The zero-order valence-corrected chi connectivity index (χ0v) is 55.3. The standard InChI is InChI=1S/C20H14N5.2C15H12N5.C13H8N5O.C13H8N5S/c1-2-7-15(8-3-1)24-16-9-5-11-22-19(16)25-17(24)13-23-12-14-6-4-10-21-18(14)20(23)25;2*1-18-11-5-3-7-17-14(11)20-12(18)9-19-8-10-4-2-6-16-13(10)15(19)20;2*1-2-8-7-18-12-11(19-13(18)10(8)15-3-1)16-9-6-14-4-5-17(9)12/h1-11,13H,12H2;2*2-7,9H,8H2,1H3;2*1-6H,7H2/q5*+1/i;1D3;;;. The van der Waals surface area contributed by atoms with Gasteiger partial charge in [-0.05, 0) is 78.9 Å². The van der Waals surface area contributed by atoms with Crippen molar-refractivity contribution in [3.8, 4) is 62.5 Å². The molecule has 0 radical (unpaired) electrons. The summed E-state index contributed by atoms with van der Waals surface area (Å²) in [5.74, 6) is 3.88. The van der Waals surface area contributed by atoms with Gasteiger partial charge in [-0.3, -0.25) is 19.5 Å². The van der Waals surface area contributed by atoms with Crippen molar-refractivity contribution in [3.05, 3.63) is 261 Å². The molecule has 0 unspecified atom stereocenters. The molecule has 27 heteroatoms. The van der Waals surface area contributed by atoms with Crippen LogP contribution in [-0.2, 0) is 46.7 Å². The second-order valence-electron chi connectivity index (χ2n) is 25.6. The number of hydrogen-bond donors (Lipinski definition) is 0. The van der Waals surface area contributed by atoms with Gasteiger partial charge in [-0.1, -0.05) is 59.9 Å². The van der Waals surface area contributed by atoms with Crippen molar-refractivity contribution in [2.45, 2.75) is 32.7 Å². The summed E-state index contributed by atoms with van der Waals surface area (Å²) in [6.45, 7) is 1.79. The highest BCUT2D eigenvalue weighted by Gasteiger charge is 2.40. The van der Waals surface area contributed by atoms with Crippen LogP contribution in [0, 0.1) is 0 Å². The largest absolute Gasteiger partial charge is 0.394 e. The molecule has 0 aliphatic carbocycles. The third-order valence-corrected chi connectivity index (χ3v) is 20.9. The van der Waals surface area contributed by atoms with E-state index in [1.807, 2.05) is 118 Å². The highest BCUT2D eigenvalue weighted by Crippen LogP contribution is 2.37. The molecule has 0 saturated heterocycles. The van der Waals surface area contributed by atoms with E-state index in [0.717, 1.165) is 150 Å². The van der Waals surface area contributed by atoms with Crippen LogP contribution in [0.3, 0.4) is 0 Å². The van der Waals surface area contributed by atoms with Crippen LogP contribution in [0.15, 0.2) is 237 Å². The van der Waals surface area contributed by atoms with E-state index in [-0.39, 0.29) is 0 Å². The second kappa shape index (κ2) is 21.8. The zero-order chi connectivity index (χ0) is 70.2. The molecule has 21 aromatic rings. The molecule has 103 heavy (non-hydrogen) atoms. The molecular formula is C76H54N25OS+5. The van der Waals surface area contributed by atoms with Crippen LogP contribution < -0.4 is 22.8 Å². The first kappa shape index (κ1) is 54.0. The number of rotatable bonds is 1. The van der Waals surface area contributed by atoms with Crippen molar-refractivity contribution in [3.63, 3.8) is 0 Å². The lowest BCUT2D eigenvalue weighted by atomic mass is 10.2. The fraction of sp³-hybridized carbons (Fsp3) is 0.0921. The Bertz CT molecular complexity index is 7090. The fourth-order valence-electron chi connectivity index (χ4n) is 15.5. The van der Waals surface area contributed by atoms with Crippen LogP contribution in [-0.4, -0.2) is 95.5 Å². The molecule has 5 aliphatic heterocycles. The van der Waals surface area contributed by atoms with Crippen LogP contribution >= 0.6 is 11.3 Å². The van der Waals surface area contributed by atoms with Gasteiger partial charge in [0.1, 0.15) is 67.4 Å². The van der Waals surface area contributed by atoms with Gasteiger partial charge in [0.25, 0.3) is 22.6 Å². The number of benzene rings is 1. The number of aromatic nitrogens is 25. The Morgan fingerprint density at radius 2 is 0.883 bits per heavy atom. The number of thiazole rings is 1. The lowest BCUT2D eigenvalue weighted by Gasteiger charge is -2.02. The first-order valence-corrected chi connectivity index (χ1v) is 34.2. The van der Waals surface area contributed by atoms with Crippen molar-refractivity contribution < 1.29 is 31.4 Å². The van der Waals surface area contributed by atoms with E-state index in [1.54, 1.807) is 66.8 Å². The summed E-state index contributed by atoms with van der Waals surface area (Å²) in [6.07, 6.45) is 31.6. The van der Waals surface area contributed by atoms with Gasteiger partial charge in [0.15, 0.2) is 41.4 Å². The van der Waals surface area contributed by atoms with E-state index in [1.165, 1.54) is 31.8 Å². The van der Waals surface area contributed by atoms with E-state index >= 15 is 0 Å². The summed E-state index contributed by atoms with van der Waals surface area (Å²) in [7, 11) is 2.08. The molecule has 0 fully saturated rings. The van der Waals surface area contributed by atoms with Crippen molar-refractivity contribution in [2.75, 3.05) is 0 Å². The van der Waals surface area contributed by atoms with Crippen LogP contribution in [0.2, 0.25) is 0 Å². The highest BCUT2D eigenvalue weighted by atomic mass is 32.1. The molecule has 1 aromatic carbocycles. The molecule has 0 atom stereocenters. The van der Waals surface area contributed by atoms with Gasteiger partial charge < -0.3 is 13.6 Å². The fourth-order valence-corrected chi connectivity index (χ4v) is 16.6. The van der Waals surface area contributed by atoms with Gasteiger partial charge in [-0.15, -0.1) is 0 Å². The van der Waals surface area contributed by atoms with E-state index in [9.17, 15) is 0 Å². The lowest BCUT2D eigenvalue weighted by Crippen LogP contribution is -2.31.